The number of hydrogen-bond acceptors (Lipinski definition) is 4. The summed E-state index contributed by atoms with van der Waals surface area (Å²) in [5.41, 5.74) is 0. The Hall–Kier alpha value is -0.160. The molecule has 3 aliphatic heterocycles. The van der Waals surface area contributed by atoms with Crippen LogP contribution in [-0.2, 0) is 0 Å². The molecule has 0 saturated carbocycles. The summed E-state index contributed by atoms with van der Waals surface area (Å²) in [4.78, 5) is 2.72. The van der Waals surface area contributed by atoms with Crippen molar-refractivity contribution in [2.24, 2.45) is 23.7 Å². The third-order valence-electron chi connectivity index (χ3n) is 6.67. The summed E-state index contributed by atoms with van der Waals surface area (Å²) < 4.78 is 0. The molecule has 0 radical (unpaired) electrons. The summed E-state index contributed by atoms with van der Waals surface area (Å²) >= 11 is 0. The van der Waals surface area contributed by atoms with Gasteiger partial charge in [-0.05, 0) is 82.2 Å². The SMILES string of the molecule is CCCC(CC(C)O)CN1CCCC([C@H]2CNC3NCCCC32)C1. The molecule has 5 unspecified atom stereocenters. The minimum Gasteiger partial charge on any atom is -0.393 e. The molecule has 24 heavy (non-hydrogen) atoms. The molecule has 3 N–H and O–H groups in total. The number of likely N-dealkylation sites (tertiary alicyclic amines) is 1. The lowest BCUT2D eigenvalue weighted by Crippen LogP contribution is -2.47. The van der Waals surface area contributed by atoms with Crippen LogP contribution in [0, 0.1) is 23.7 Å². The average molecular weight is 338 g/mol. The standard InChI is InChI=1S/C20H39N3O/c1-3-6-16(11-15(2)24)13-23-10-5-7-17(14-23)19-12-22-20-18(19)8-4-9-21-20/h15-22,24H,3-14H2,1-2H3/t15?,16?,17?,18?,19-,20?/m1/s1. The number of piperidine rings is 2. The smallest absolute Gasteiger partial charge is 0.0604 e. The highest BCUT2D eigenvalue weighted by Gasteiger charge is 2.42. The lowest BCUT2D eigenvalue weighted by Gasteiger charge is -2.40. The monoisotopic (exact) mass is 337 g/mol. The molecule has 3 rings (SSSR count). The second-order valence-corrected chi connectivity index (χ2v) is 8.71. The van der Waals surface area contributed by atoms with Gasteiger partial charge in [0, 0.05) is 19.6 Å². The van der Waals surface area contributed by atoms with E-state index in [4.69, 9.17) is 0 Å². The Kier molecular flexibility index (Phi) is 6.97. The summed E-state index contributed by atoms with van der Waals surface area (Å²) in [6.07, 6.45) is 9.42. The van der Waals surface area contributed by atoms with Crippen LogP contribution in [0.25, 0.3) is 0 Å². The number of rotatable bonds is 7. The number of nitrogens with zero attached hydrogens (tertiary/aromatic N) is 1. The van der Waals surface area contributed by atoms with E-state index in [1.807, 2.05) is 6.92 Å². The van der Waals surface area contributed by atoms with Crippen LogP contribution in [0.4, 0.5) is 0 Å². The van der Waals surface area contributed by atoms with E-state index < -0.39 is 0 Å². The van der Waals surface area contributed by atoms with E-state index in [2.05, 4.69) is 22.5 Å². The number of aliphatic hydroxyl groups is 1. The molecule has 3 saturated heterocycles. The maximum atomic E-state index is 9.80. The third-order valence-corrected chi connectivity index (χ3v) is 6.67. The highest BCUT2D eigenvalue weighted by molar-refractivity contribution is 4.96. The zero-order valence-corrected chi connectivity index (χ0v) is 15.8. The Labute approximate surface area is 148 Å². The van der Waals surface area contributed by atoms with Gasteiger partial charge in [0.05, 0.1) is 12.3 Å². The minimum absolute atomic E-state index is 0.157. The molecule has 3 fully saturated rings. The molecular formula is C20H39N3O. The fourth-order valence-electron chi connectivity index (χ4n) is 5.67. The molecule has 140 valence electrons. The first kappa shape index (κ1) is 18.6. The van der Waals surface area contributed by atoms with Gasteiger partial charge in [-0.15, -0.1) is 0 Å². The summed E-state index contributed by atoms with van der Waals surface area (Å²) in [5, 5.41) is 17.2. The fraction of sp³-hybridized carbons (Fsp3) is 1.00. The first-order valence-electron chi connectivity index (χ1n) is 10.5. The van der Waals surface area contributed by atoms with Crippen LogP contribution in [0.15, 0.2) is 0 Å². The molecule has 0 bridgehead atoms. The molecule has 0 amide bonds. The Bertz CT molecular complexity index is 376. The van der Waals surface area contributed by atoms with Crippen LogP contribution >= 0.6 is 0 Å². The fourth-order valence-corrected chi connectivity index (χ4v) is 5.67. The van der Waals surface area contributed by atoms with Gasteiger partial charge < -0.3 is 20.6 Å². The van der Waals surface area contributed by atoms with Crippen molar-refractivity contribution in [2.45, 2.75) is 71.1 Å². The molecule has 0 aromatic heterocycles. The molecule has 3 heterocycles. The van der Waals surface area contributed by atoms with Gasteiger partial charge in [-0.3, -0.25) is 0 Å². The second kappa shape index (κ2) is 8.98. The zero-order chi connectivity index (χ0) is 16.9. The first-order valence-corrected chi connectivity index (χ1v) is 10.5. The number of hydrogen-bond donors (Lipinski definition) is 3. The van der Waals surface area contributed by atoms with Gasteiger partial charge >= 0.3 is 0 Å². The van der Waals surface area contributed by atoms with Gasteiger partial charge in [0.25, 0.3) is 0 Å². The Morgan fingerprint density at radius 2 is 2.04 bits per heavy atom. The summed E-state index contributed by atoms with van der Waals surface area (Å²) in [6, 6.07) is 0. The van der Waals surface area contributed by atoms with Gasteiger partial charge in [-0.25, -0.2) is 0 Å². The molecule has 0 aromatic carbocycles. The predicted molar refractivity (Wildman–Crippen MR) is 99.9 cm³/mol. The van der Waals surface area contributed by atoms with Gasteiger partial charge in [0.2, 0.25) is 0 Å². The van der Waals surface area contributed by atoms with Crippen molar-refractivity contribution < 1.29 is 5.11 Å². The van der Waals surface area contributed by atoms with Crippen LogP contribution < -0.4 is 10.6 Å². The average Bonchev–Trinajstić information content (AvgIpc) is 2.99. The Morgan fingerprint density at radius 3 is 2.83 bits per heavy atom. The molecule has 3 aliphatic rings. The highest BCUT2D eigenvalue weighted by Crippen LogP contribution is 2.37. The molecular weight excluding hydrogens is 298 g/mol. The van der Waals surface area contributed by atoms with Crippen molar-refractivity contribution in [3.8, 4) is 0 Å². The normalized spacial score (nSPS) is 37.1. The van der Waals surface area contributed by atoms with Crippen molar-refractivity contribution >= 4 is 0 Å². The number of aliphatic hydroxyl groups excluding tert-OH is 1. The maximum Gasteiger partial charge on any atom is 0.0604 e. The topological polar surface area (TPSA) is 47.5 Å². The first-order chi connectivity index (χ1) is 11.7. The summed E-state index contributed by atoms with van der Waals surface area (Å²) in [7, 11) is 0. The summed E-state index contributed by atoms with van der Waals surface area (Å²) in [5.74, 6) is 3.26. The lowest BCUT2D eigenvalue weighted by molar-refractivity contribution is 0.0812. The molecule has 0 aliphatic carbocycles. The third kappa shape index (κ3) is 4.72. The Morgan fingerprint density at radius 1 is 1.17 bits per heavy atom. The predicted octanol–water partition coefficient (Wildman–Crippen LogP) is 2.43. The van der Waals surface area contributed by atoms with E-state index in [0.717, 1.165) is 24.2 Å². The van der Waals surface area contributed by atoms with Crippen molar-refractivity contribution in [2.75, 3.05) is 32.7 Å². The van der Waals surface area contributed by atoms with Gasteiger partial charge in [-0.1, -0.05) is 13.3 Å². The zero-order valence-electron chi connectivity index (χ0n) is 15.8. The van der Waals surface area contributed by atoms with E-state index in [1.54, 1.807) is 0 Å². The van der Waals surface area contributed by atoms with E-state index in [1.165, 1.54) is 71.2 Å². The maximum absolute atomic E-state index is 9.80. The van der Waals surface area contributed by atoms with Crippen LogP contribution in [-0.4, -0.2) is 55.0 Å². The molecule has 4 nitrogen and oxygen atoms in total. The van der Waals surface area contributed by atoms with E-state index in [0.29, 0.717) is 12.1 Å². The molecule has 0 spiro atoms. The van der Waals surface area contributed by atoms with Gasteiger partial charge in [0.1, 0.15) is 0 Å². The quantitative estimate of drug-likeness (QED) is 0.668. The van der Waals surface area contributed by atoms with Crippen LogP contribution in [0.3, 0.4) is 0 Å². The van der Waals surface area contributed by atoms with Crippen molar-refractivity contribution in [3.63, 3.8) is 0 Å². The largest absolute Gasteiger partial charge is 0.393 e. The molecule has 4 heteroatoms. The number of fused-ring (bicyclic) bond motifs is 1. The van der Waals surface area contributed by atoms with E-state index >= 15 is 0 Å². The van der Waals surface area contributed by atoms with Crippen molar-refractivity contribution in [1.29, 1.82) is 0 Å². The van der Waals surface area contributed by atoms with Crippen LogP contribution in [0.1, 0.15) is 58.8 Å². The van der Waals surface area contributed by atoms with E-state index in [9.17, 15) is 5.11 Å². The van der Waals surface area contributed by atoms with Gasteiger partial charge in [0.15, 0.2) is 0 Å². The second-order valence-electron chi connectivity index (χ2n) is 8.71. The van der Waals surface area contributed by atoms with Gasteiger partial charge in [-0.2, -0.15) is 0 Å². The molecule has 0 aromatic rings. The van der Waals surface area contributed by atoms with Crippen LogP contribution in [0.2, 0.25) is 0 Å². The summed E-state index contributed by atoms with van der Waals surface area (Å²) in [6.45, 7) is 10.4. The minimum atomic E-state index is -0.157. The Balaban J connectivity index is 1.53. The van der Waals surface area contributed by atoms with Crippen LogP contribution in [0.5, 0.6) is 0 Å². The highest BCUT2D eigenvalue weighted by atomic mass is 16.3. The van der Waals surface area contributed by atoms with E-state index in [-0.39, 0.29) is 6.10 Å². The molecule has 6 atom stereocenters. The van der Waals surface area contributed by atoms with Crippen molar-refractivity contribution in [1.82, 2.24) is 15.5 Å². The lowest BCUT2D eigenvalue weighted by atomic mass is 9.76. The number of nitrogens with one attached hydrogen (secondary N) is 2. The van der Waals surface area contributed by atoms with Crippen molar-refractivity contribution in [3.05, 3.63) is 0 Å².